The second-order valence-electron chi connectivity index (χ2n) is 9.77. The van der Waals surface area contributed by atoms with Gasteiger partial charge in [0.25, 0.3) is 0 Å². The first-order valence-corrected chi connectivity index (χ1v) is 12.6. The second kappa shape index (κ2) is 11.6. The molecule has 42 heavy (non-hydrogen) atoms. The zero-order chi connectivity index (χ0) is 30.5. The van der Waals surface area contributed by atoms with E-state index >= 15 is 0 Å². The third-order valence-electron chi connectivity index (χ3n) is 6.92. The Labute approximate surface area is 235 Å². The van der Waals surface area contributed by atoms with Crippen LogP contribution < -0.4 is 10.2 Å². The summed E-state index contributed by atoms with van der Waals surface area (Å²) in [5, 5.41) is 101. The van der Waals surface area contributed by atoms with Crippen LogP contribution in [-0.4, -0.2) is 119 Å². The Kier molecular flexibility index (Phi) is 8.28. The van der Waals surface area contributed by atoms with E-state index in [1.165, 1.54) is 24.3 Å². The summed E-state index contributed by atoms with van der Waals surface area (Å²) in [7, 11) is 0. The molecule has 5 rings (SSSR count). The highest BCUT2D eigenvalue weighted by Gasteiger charge is 2.50. The number of aliphatic hydroxyl groups excluding tert-OH is 7. The van der Waals surface area contributed by atoms with Crippen LogP contribution in [0.25, 0.3) is 22.3 Å². The van der Waals surface area contributed by atoms with E-state index in [0.717, 1.165) is 12.1 Å². The molecule has 2 aromatic carbocycles. The lowest BCUT2D eigenvalue weighted by atomic mass is 9.99. The van der Waals surface area contributed by atoms with Crippen molar-refractivity contribution in [3.8, 4) is 34.3 Å². The topological polar surface area (TPSA) is 269 Å². The van der Waals surface area contributed by atoms with Crippen LogP contribution in [0.5, 0.6) is 23.0 Å². The van der Waals surface area contributed by atoms with Crippen molar-refractivity contribution in [2.45, 2.75) is 61.6 Å². The van der Waals surface area contributed by atoms with Crippen molar-refractivity contribution in [2.24, 2.45) is 0 Å². The predicted molar refractivity (Wildman–Crippen MR) is 135 cm³/mol. The molecule has 3 heterocycles. The quantitative estimate of drug-likeness (QED) is 0.141. The van der Waals surface area contributed by atoms with Crippen LogP contribution >= 0.6 is 0 Å². The molecule has 0 unspecified atom stereocenters. The minimum absolute atomic E-state index is 0.129. The van der Waals surface area contributed by atoms with Gasteiger partial charge in [0.05, 0.1) is 6.61 Å². The number of hydrogen-bond acceptors (Lipinski definition) is 16. The molecule has 0 radical (unpaired) electrons. The Balaban J connectivity index is 1.51. The van der Waals surface area contributed by atoms with Crippen LogP contribution in [0.15, 0.2) is 45.6 Å². The van der Waals surface area contributed by atoms with Gasteiger partial charge in [0.1, 0.15) is 70.9 Å². The molecule has 2 aliphatic rings. The van der Waals surface area contributed by atoms with E-state index in [4.69, 9.17) is 23.4 Å². The number of phenolic OH excluding ortho intramolecular Hbond substituents is 3. The van der Waals surface area contributed by atoms with Gasteiger partial charge in [0, 0.05) is 17.7 Å². The summed E-state index contributed by atoms with van der Waals surface area (Å²) in [4.78, 5) is 13.5. The van der Waals surface area contributed by atoms with E-state index in [1.54, 1.807) is 0 Å². The highest BCUT2D eigenvalue weighted by Crippen LogP contribution is 2.38. The van der Waals surface area contributed by atoms with Crippen LogP contribution in [-0.2, 0) is 14.2 Å². The lowest BCUT2D eigenvalue weighted by molar-refractivity contribution is -0.390. The normalized spacial score (nSPS) is 33.5. The fraction of sp³-hybridized carbons (Fsp3) is 0.423. The Bertz CT molecular complexity index is 1470. The summed E-state index contributed by atoms with van der Waals surface area (Å²) in [5.41, 5.74) is -1.10. The Morgan fingerprint density at radius 1 is 0.714 bits per heavy atom. The third kappa shape index (κ3) is 5.36. The molecule has 2 fully saturated rings. The minimum atomic E-state index is -2.03. The van der Waals surface area contributed by atoms with E-state index in [2.05, 4.69) is 0 Å². The maximum absolute atomic E-state index is 13.5. The van der Waals surface area contributed by atoms with E-state index in [9.17, 15) is 55.9 Å². The molecule has 0 spiro atoms. The van der Waals surface area contributed by atoms with Crippen molar-refractivity contribution in [1.29, 1.82) is 0 Å². The molecule has 228 valence electrons. The average Bonchev–Trinajstić information content (AvgIpc) is 2.95. The first-order valence-electron chi connectivity index (χ1n) is 12.6. The lowest BCUT2D eigenvalue weighted by Crippen LogP contribution is -2.64. The van der Waals surface area contributed by atoms with Gasteiger partial charge in [-0.1, -0.05) is 0 Å². The van der Waals surface area contributed by atoms with Crippen molar-refractivity contribution in [3.05, 3.63) is 46.6 Å². The summed E-state index contributed by atoms with van der Waals surface area (Å²) < 4.78 is 27.5. The van der Waals surface area contributed by atoms with Gasteiger partial charge in [-0.3, -0.25) is 4.79 Å². The molecule has 2 saturated heterocycles. The molecule has 0 aliphatic carbocycles. The minimum Gasteiger partial charge on any atom is -0.508 e. The molecule has 10 atom stereocenters. The van der Waals surface area contributed by atoms with Crippen LogP contribution in [0.1, 0.15) is 0 Å². The number of rotatable bonds is 6. The van der Waals surface area contributed by atoms with Crippen LogP contribution in [0, 0.1) is 0 Å². The van der Waals surface area contributed by atoms with Crippen LogP contribution in [0.4, 0.5) is 0 Å². The van der Waals surface area contributed by atoms with E-state index in [1.807, 2.05) is 0 Å². The molecule has 3 aromatic rings. The summed E-state index contributed by atoms with van der Waals surface area (Å²) in [6.45, 7) is -0.783. The zero-order valence-corrected chi connectivity index (χ0v) is 21.4. The van der Waals surface area contributed by atoms with Crippen molar-refractivity contribution >= 4 is 11.0 Å². The number of hydrogen-bond donors (Lipinski definition) is 10. The number of ether oxygens (including phenoxy) is 4. The number of aliphatic hydroxyl groups is 7. The van der Waals surface area contributed by atoms with Gasteiger partial charge < -0.3 is 74.4 Å². The standard InChI is InChI=1S/C26H28O16/c27-7-13-15(31)17(33)19(35)24(39-13)41-26-21(37)18(34)20(36)25(42-26)40-23-16(32)14-11(30)5-10(29)6-12(14)38-22(23)8-1-3-9(28)4-2-8/h1-6,13,15,17-21,24-31,33-37H,7H2/t13-,15+,17+,18+,19-,20-,21-,24+,25-,26-/m1/s1. The Morgan fingerprint density at radius 2 is 1.31 bits per heavy atom. The predicted octanol–water partition coefficient (Wildman–Crippen LogP) is -2.46. The first-order chi connectivity index (χ1) is 19.9. The number of phenols is 3. The smallest absolute Gasteiger partial charge is 0.239 e. The molecule has 1 aromatic heterocycles. The molecule has 0 bridgehead atoms. The van der Waals surface area contributed by atoms with Gasteiger partial charge in [-0.2, -0.15) is 0 Å². The van der Waals surface area contributed by atoms with Crippen LogP contribution in [0.3, 0.4) is 0 Å². The maximum atomic E-state index is 13.5. The highest BCUT2D eigenvalue weighted by atomic mass is 16.8. The van der Waals surface area contributed by atoms with Crippen molar-refractivity contribution in [2.75, 3.05) is 6.61 Å². The SMILES string of the molecule is O=c1c(O[C@@H]2O[C@@H](O[C@@H]3O[C@H](CO)[C@H](O)[C@H](O)[C@H]3O)[C@H](O)[C@@H](O)[C@H]2O)c(-c2ccc(O)cc2)oc2cc(O)cc(O)c12. The molecule has 0 amide bonds. The lowest BCUT2D eigenvalue weighted by Gasteiger charge is -2.44. The Morgan fingerprint density at radius 3 is 1.95 bits per heavy atom. The molecule has 2 aliphatic heterocycles. The van der Waals surface area contributed by atoms with Gasteiger partial charge in [-0.05, 0) is 24.3 Å². The number of fused-ring (bicyclic) bond motifs is 1. The van der Waals surface area contributed by atoms with Gasteiger partial charge in [-0.25, -0.2) is 0 Å². The van der Waals surface area contributed by atoms with Gasteiger partial charge in [0.15, 0.2) is 18.3 Å². The van der Waals surface area contributed by atoms with Crippen LogP contribution in [0.2, 0.25) is 0 Å². The largest absolute Gasteiger partial charge is 0.508 e. The summed E-state index contributed by atoms with van der Waals surface area (Å²) in [6.07, 6.45) is -18.6. The molecular weight excluding hydrogens is 568 g/mol. The monoisotopic (exact) mass is 596 g/mol. The van der Waals surface area contributed by atoms with Gasteiger partial charge >= 0.3 is 0 Å². The van der Waals surface area contributed by atoms with E-state index in [-0.39, 0.29) is 22.7 Å². The van der Waals surface area contributed by atoms with E-state index in [0.29, 0.717) is 0 Å². The zero-order valence-electron chi connectivity index (χ0n) is 21.4. The number of aromatic hydroxyl groups is 3. The molecule has 16 nitrogen and oxygen atoms in total. The fourth-order valence-corrected chi connectivity index (χ4v) is 4.63. The summed E-state index contributed by atoms with van der Waals surface area (Å²) in [6, 6.07) is 7.15. The van der Waals surface area contributed by atoms with Crippen molar-refractivity contribution < 1.29 is 74.4 Å². The summed E-state index contributed by atoms with van der Waals surface area (Å²) in [5.74, 6) is -2.19. The second-order valence-corrected chi connectivity index (χ2v) is 9.77. The molecule has 0 saturated carbocycles. The fourth-order valence-electron chi connectivity index (χ4n) is 4.63. The van der Waals surface area contributed by atoms with Crippen molar-refractivity contribution in [3.63, 3.8) is 0 Å². The molecule has 16 heteroatoms. The average molecular weight is 596 g/mol. The van der Waals surface area contributed by atoms with E-state index < -0.39 is 96.3 Å². The van der Waals surface area contributed by atoms with Crippen molar-refractivity contribution in [1.82, 2.24) is 0 Å². The molecule has 10 N–H and O–H groups in total. The summed E-state index contributed by atoms with van der Waals surface area (Å²) >= 11 is 0. The third-order valence-corrected chi connectivity index (χ3v) is 6.92. The highest BCUT2D eigenvalue weighted by molar-refractivity contribution is 5.88. The van der Waals surface area contributed by atoms with Gasteiger partial charge in [0.2, 0.25) is 17.5 Å². The first kappa shape index (κ1) is 29.9. The maximum Gasteiger partial charge on any atom is 0.239 e. The van der Waals surface area contributed by atoms with Gasteiger partial charge in [-0.15, -0.1) is 0 Å². The Hall–Kier alpha value is -3.55. The number of benzene rings is 2. The molecular formula is C26H28O16.